The van der Waals surface area contributed by atoms with Crippen LogP contribution in [0.3, 0.4) is 0 Å². The largest absolute Gasteiger partial charge is 0.354 e. The van der Waals surface area contributed by atoms with E-state index in [0.29, 0.717) is 11.6 Å². The first-order chi connectivity index (χ1) is 20.2. The first kappa shape index (κ1) is 27.8. The minimum absolute atomic E-state index is 0. The number of rotatable bonds is 6. The molecule has 10 nitrogen and oxygen atoms in total. The first-order valence-electron chi connectivity index (χ1n) is 14.3. The number of hydrogen-bond acceptors (Lipinski definition) is 8. The molecule has 5 aromatic heterocycles. The normalized spacial score (nSPS) is 16.3. The molecule has 5 aromatic rings. The van der Waals surface area contributed by atoms with Crippen LogP contribution in [0.25, 0.3) is 27.8 Å². The zero-order valence-electron chi connectivity index (χ0n) is 23.3. The standard InChI is InChI=1S/C31H32N10.ClH/c32-16-25-18-37-41-20-24(26-19-36-40(21-26)28-6-9-33-10-7-28)15-29(31(25)41)23-4-5-30(35-17-23)39-13-11-38(12-14-39)22-27-3-1-2-8-34-27;/h1-5,8,15,17-21,28,33H,6-7,9-14,22H2;1H. The van der Waals surface area contributed by atoms with E-state index < -0.39 is 0 Å². The molecule has 0 saturated carbocycles. The summed E-state index contributed by atoms with van der Waals surface area (Å²) >= 11 is 0. The van der Waals surface area contributed by atoms with Gasteiger partial charge in [0.25, 0.3) is 0 Å². The molecule has 0 amide bonds. The van der Waals surface area contributed by atoms with Crippen LogP contribution >= 0.6 is 12.4 Å². The Hall–Kier alpha value is -4.30. The van der Waals surface area contributed by atoms with Crippen molar-refractivity contribution in [2.75, 3.05) is 44.2 Å². The lowest BCUT2D eigenvalue weighted by atomic mass is 10.0. The van der Waals surface area contributed by atoms with Gasteiger partial charge in [-0.2, -0.15) is 15.5 Å². The molecule has 0 radical (unpaired) electrons. The predicted molar refractivity (Wildman–Crippen MR) is 164 cm³/mol. The summed E-state index contributed by atoms with van der Waals surface area (Å²) in [6.45, 7) is 6.68. The number of nitriles is 1. The molecule has 214 valence electrons. The number of nitrogens with one attached hydrogen (secondary N) is 1. The highest BCUT2D eigenvalue weighted by molar-refractivity contribution is 5.87. The van der Waals surface area contributed by atoms with Crippen molar-refractivity contribution in [3.8, 4) is 28.3 Å². The van der Waals surface area contributed by atoms with E-state index in [9.17, 15) is 5.26 Å². The van der Waals surface area contributed by atoms with Gasteiger partial charge in [0.1, 0.15) is 11.9 Å². The number of hydrogen-bond donors (Lipinski definition) is 1. The molecule has 0 bridgehead atoms. The highest BCUT2D eigenvalue weighted by Gasteiger charge is 2.21. The van der Waals surface area contributed by atoms with E-state index in [-0.39, 0.29) is 12.4 Å². The van der Waals surface area contributed by atoms with Gasteiger partial charge in [-0.1, -0.05) is 6.07 Å². The average Bonchev–Trinajstić information content (AvgIpc) is 3.70. The van der Waals surface area contributed by atoms with E-state index >= 15 is 0 Å². The second-order valence-corrected chi connectivity index (χ2v) is 10.8. The number of halogens is 1. The van der Waals surface area contributed by atoms with Crippen molar-refractivity contribution in [1.82, 2.24) is 39.6 Å². The topological polar surface area (TPSA) is 103 Å². The Morgan fingerprint density at radius 2 is 1.74 bits per heavy atom. The number of anilines is 1. The van der Waals surface area contributed by atoms with Crippen molar-refractivity contribution in [3.05, 3.63) is 84.8 Å². The third kappa shape index (κ3) is 5.59. The fourth-order valence-electron chi connectivity index (χ4n) is 5.93. The third-order valence-corrected chi connectivity index (χ3v) is 8.22. The van der Waals surface area contributed by atoms with Crippen LogP contribution in [-0.2, 0) is 6.54 Å². The van der Waals surface area contributed by atoms with Gasteiger partial charge in [0.05, 0.1) is 35.2 Å². The monoisotopic (exact) mass is 580 g/mol. The molecule has 2 aliphatic heterocycles. The maximum atomic E-state index is 9.81. The predicted octanol–water partition coefficient (Wildman–Crippen LogP) is 4.19. The van der Waals surface area contributed by atoms with Crippen molar-refractivity contribution in [2.24, 2.45) is 0 Å². The van der Waals surface area contributed by atoms with Crippen molar-refractivity contribution in [2.45, 2.75) is 25.4 Å². The molecule has 7 rings (SSSR count). The molecule has 0 spiro atoms. The summed E-state index contributed by atoms with van der Waals surface area (Å²) in [5.74, 6) is 0.968. The maximum Gasteiger partial charge on any atom is 0.128 e. The molecule has 0 atom stereocenters. The Morgan fingerprint density at radius 1 is 0.881 bits per heavy atom. The van der Waals surface area contributed by atoms with E-state index in [2.05, 4.69) is 66.4 Å². The van der Waals surface area contributed by atoms with Gasteiger partial charge in [-0.05, 0) is 56.3 Å². The van der Waals surface area contributed by atoms with Crippen LogP contribution in [0.4, 0.5) is 5.82 Å². The van der Waals surface area contributed by atoms with Gasteiger partial charge in [-0.3, -0.25) is 14.6 Å². The van der Waals surface area contributed by atoms with E-state index in [4.69, 9.17) is 10.1 Å². The van der Waals surface area contributed by atoms with Crippen molar-refractivity contribution in [1.29, 1.82) is 5.26 Å². The van der Waals surface area contributed by atoms with Crippen molar-refractivity contribution in [3.63, 3.8) is 0 Å². The summed E-state index contributed by atoms with van der Waals surface area (Å²) in [4.78, 5) is 14.1. The molecule has 2 aliphatic rings. The Morgan fingerprint density at radius 3 is 2.48 bits per heavy atom. The van der Waals surface area contributed by atoms with Gasteiger partial charge >= 0.3 is 0 Å². The third-order valence-electron chi connectivity index (χ3n) is 8.22. The zero-order chi connectivity index (χ0) is 27.6. The Bertz CT molecular complexity index is 1670. The fourth-order valence-corrected chi connectivity index (χ4v) is 5.93. The quantitative estimate of drug-likeness (QED) is 0.319. The highest BCUT2D eigenvalue weighted by Crippen LogP contribution is 2.33. The summed E-state index contributed by atoms with van der Waals surface area (Å²) < 4.78 is 3.90. The lowest BCUT2D eigenvalue weighted by Crippen LogP contribution is -2.46. The zero-order valence-corrected chi connectivity index (χ0v) is 24.1. The number of aromatic nitrogens is 6. The smallest absolute Gasteiger partial charge is 0.128 e. The minimum atomic E-state index is 0. The molecular formula is C31H33ClN10. The van der Waals surface area contributed by atoms with Gasteiger partial charge < -0.3 is 10.2 Å². The van der Waals surface area contributed by atoms with Crippen LogP contribution in [0.5, 0.6) is 0 Å². The molecule has 1 N–H and O–H groups in total. The summed E-state index contributed by atoms with van der Waals surface area (Å²) in [5, 5.41) is 22.4. The first-order valence-corrected chi connectivity index (χ1v) is 14.3. The van der Waals surface area contributed by atoms with Gasteiger partial charge in [-0.15, -0.1) is 12.4 Å². The molecule has 7 heterocycles. The summed E-state index contributed by atoms with van der Waals surface area (Å²) in [7, 11) is 0. The Kier molecular flexibility index (Phi) is 8.15. The van der Waals surface area contributed by atoms with E-state index in [1.165, 1.54) is 0 Å². The van der Waals surface area contributed by atoms with Crippen LogP contribution < -0.4 is 10.2 Å². The lowest BCUT2D eigenvalue weighted by Gasteiger charge is -2.35. The lowest BCUT2D eigenvalue weighted by molar-refractivity contribution is 0.246. The van der Waals surface area contributed by atoms with Crippen LogP contribution in [0, 0.1) is 11.3 Å². The molecule has 0 aromatic carbocycles. The van der Waals surface area contributed by atoms with E-state index in [0.717, 1.165) is 97.9 Å². The molecule has 0 unspecified atom stereocenters. The average molecular weight is 581 g/mol. The molecule has 2 fully saturated rings. The van der Waals surface area contributed by atoms with Crippen molar-refractivity contribution < 1.29 is 0 Å². The van der Waals surface area contributed by atoms with Gasteiger partial charge in [0.2, 0.25) is 0 Å². The number of piperazine rings is 1. The molecule has 0 aliphatic carbocycles. The van der Waals surface area contributed by atoms with Crippen LogP contribution in [0.2, 0.25) is 0 Å². The molecule has 11 heteroatoms. The van der Waals surface area contributed by atoms with Gasteiger partial charge in [0, 0.05) is 79.8 Å². The van der Waals surface area contributed by atoms with Gasteiger partial charge in [-0.25, -0.2) is 9.50 Å². The molecule has 2 saturated heterocycles. The maximum absolute atomic E-state index is 9.81. The summed E-state index contributed by atoms with van der Waals surface area (Å²) in [6, 6.07) is 15.1. The highest BCUT2D eigenvalue weighted by atomic mass is 35.5. The van der Waals surface area contributed by atoms with E-state index in [1.54, 1.807) is 10.7 Å². The molecular weight excluding hydrogens is 548 g/mol. The van der Waals surface area contributed by atoms with Gasteiger partial charge in [0.15, 0.2) is 0 Å². The fraction of sp³-hybridized carbons (Fsp3) is 0.323. The van der Waals surface area contributed by atoms with Crippen LogP contribution in [-0.4, -0.2) is 73.5 Å². The number of fused-ring (bicyclic) bond motifs is 1. The second kappa shape index (κ2) is 12.3. The minimum Gasteiger partial charge on any atom is -0.354 e. The van der Waals surface area contributed by atoms with Crippen molar-refractivity contribution >= 4 is 23.7 Å². The Labute approximate surface area is 251 Å². The summed E-state index contributed by atoms with van der Waals surface area (Å²) in [6.07, 6.45) is 13.6. The van der Waals surface area contributed by atoms with Crippen LogP contribution in [0.15, 0.2) is 73.6 Å². The Balaban J connectivity index is 0.00000316. The number of piperidine rings is 1. The summed E-state index contributed by atoms with van der Waals surface area (Å²) in [5.41, 5.74) is 6.38. The molecule has 42 heavy (non-hydrogen) atoms. The van der Waals surface area contributed by atoms with Crippen LogP contribution in [0.1, 0.15) is 30.1 Å². The second-order valence-electron chi connectivity index (χ2n) is 10.8. The number of pyridine rings is 3. The number of nitrogens with zero attached hydrogens (tertiary/aromatic N) is 9. The SMILES string of the molecule is Cl.N#Cc1cnn2cc(-c3cnn(C4CCNCC4)c3)cc(-c3ccc(N4CCN(Cc5ccccn5)CC4)nc3)c12. The van der Waals surface area contributed by atoms with E-state index in [1.807, 2.05) is 36.9 Å².